The monoisotopic (exact) mass is 299 g/mol. The average Bonchev–Trinajstić information content (AvgIpc) is 2.25. The lowest BCUT2D eigenvalue weighted by molar-refractivity contribution is 0.300. The summed E-state index contributed by atoms with van der Waals surface area (Å²) in [6, 6.07) is 5.67. The minimum Gasteiger partial charge on any atom is -0.310 e. The van der Waals surface area contributed by atoms with E-state index in [9.17, 15) is 4.39 Å². The zero-order valence-electron chi connectivity index (χ0n) is 10.2. The molecule has 0 aromatic heterocycles. The second-order valence-electron chi connectivity index (χ2n) is 5.13. The summed E-state index contributed by atoms with van der Waals surface area (Å²) in [5.74, 6) is 0.647. The summed E-state index contributed by atoms with van der Waals surface area (Å²) >= 11 is 3.32. The summed E-state index contributed by atoms with van der Waals surface area (Å²) in [5, 5.41) is 3.54. The molecule has 0 aliphatic heterocycles. The van der Waals surface area contributed by atoms with Gasteiger partial charge in [0.15, 0.2) is 0 Å². The molecule has 2 unspecified atom stereocenters. The Morgan fingerprint density at radius 3 is 2.88 bits per heavy atom. The summed E-state index contributed by atoms with van der Waals surface area (Å²) in [6.45, 7) is 3.07. The van der Waals surface area contributed by atoms with Crippen molar-refractivity contribution in [2.75, 3.05) is 0 Å². The Labute approximate surface area is 111 Å². The fourth-order valence-corrected chi connectivity index (χ4v) is 3.11. The van der Waals surface area contributed by atoms with E-state index in [1.807, 2.05) is 6.07 Å². The Kier molecular flexibility index (Phi) is 4.57. The van der Waals surface area contributed by atoms with Gasteiger partial charge in [-0.3, -0.25) is 0 Å². The summed E-state index contributed by atoms with van der Waals surface area (Å²) in [4.78, 5) is 0. The SMILES string of the molecule is CC1CCCC(NCc2cc(F)cc(Br)c2)C1. The molecule has 1 saturated carbocycles. The van der Waals surface area contributed by atoms with Crippen LogP contribution >= 0.6 is 15.9 Å². The van der Waals surface area contributed by atoms with E-state index in [-0.39, 0.29) is 5.82 Å². The zero-order chi connectivity index (χ0) is 12.3. The first-order valence-corrected chi connectivity index (χ1v) is 7.11. The molecule has 0 saturated heterocycles. The topological polar surface area (TPSA) is 12.0 Å². The standard InChI is InChI=1S/C14H19BrFN/c1-10-3-2-4-14(5-10)17-9-11-6-12(15)8-13(16)7-11/h6-8,10,14,17H,2-5,9H2,1H3. The van der Waals surface area contributed by atoms with Gasteiger partial charge in [0.2, 0.25) is 0 Å². The molecule has 2 atom stereocenters. The van der Waals surface area contributed by atoms with Crippen LogP contribution in [0.25, 0.3) is 0 Å². The van der Waals surface area contributed by atoms with Crippen LogP contribution in [0, 0.1) is 11.7 Å². The predicted octanol–water partition coefficient (Wildman–Crippen LogP) is 4.26. The minimum atomic E-state index is -0.173. The Bertz CT molecular complexity index is 360. The van der Waals surface area contributed by atoms with Crippen LogP contribution in [0.4, 0.5) is 4.39 Å². The summed E-state index contributed by atoms with van der Waals surface area (Å²) in [6.07, 6.45) is 5.16. The third-order valence-electron chi connectivity index (χ3n) is 3.45. The summed E-state index contributed by atoms with van der Waals surface area (Å²) in [7, 11) is 0. The van der Waals surface area contributed by atoms with Crippen molar-refractivity contribution in [3.63, 3.8) is 0 Å². The Balaban J connectivity index is 1.88. The van der Waals surface area contributed by atoms with Gasteiger partial charge in [-0.15, -0.1) is 0 Å². The van der Waals surface area contributed by atoms with Crippen LogP contribution in [0.3, 0.4) is 0 Å². The van der Waals surface area contributed by atoms with E-state index in [1.54, 1.807) is 6.07 Å². The maximum absolute atomic E-state index is 13.2. The van der Waals surface area contributed by atoms with E-state index in [2.05, 4.69) is 28.2 Å². The first kappa shape index (κ1) is 13.0. The summed E-state index contributed by atoms with van der Waals surface area (Å²) < 4.78 is 14.0. The zero-order valence-corrected chi connectivity index (χ0v) is 11.8. The van der Waals surface area contributed by atoms with Crippen LogP contribution in [0.5, 0.6) is 0 Å². The molecule has 1 aromatic carbocycles. The Morgan fingerprint density at radius 1 is 1.35 bits per heavy atom. The molecule has 1 aromatic rings. The van der Waals surface area contributed by atoms with Crippen LogP contribution in [-0.2, 0) is 6.54 Å². The van der Waals surface area contributed by atoms with Crippen LogP contribution in [-0.4, -0.2) is 6.04 Å². The summed E-state index contributed by atoms with van der Waals surface area (Å²) in [5.41, 5.74) is 1.01. The highest BCUT2D eigenvalue weighted by molar-refractivity contribution is 9.10. The molecular formula is C14H19BrFN. The lowest BCUT2D eigenvalue weighted by Gasteiger charge is -2.27. The number of rotatable bonds is 3. The number of nitrogens with one attached hydrogen (secondary N) is 1. The second-order valence-corrected chi connectivity index (χ2v) is 6.04. The highest BCUT2D eigenvalue weighted by atomic mass is 79.9. The van der Waals surface area contributed by atoms with E-state index in [4.69, 9.17) is 0 Å². The highest BCUT2D eigenvalue weighted by Gasteiger charge is 2.18. The second kappa shape index (κ2) is 5.96. The normalized spacial score (nSPS) is 24.9. The lowest BCUT2D eigenvalue weighted by atomic mass is 9.87. The molecule has 0 amide bonds. The van der Waals surface area contributed by atoms with Crippen molar-refractivity contribution < 1.29 is 4.39 Å². The van der Waals surface area contributed by atoms with Gasteiger partial charge in [0.25, 0.3) is 0 Å². The maximum Gasteiger partial charge on any atom is 0.124 e. The molecule has 1 nitrogen and oxygen atoms in total. The van der Waals surface area contributed by atoms with Crippen molar-refractivity contribution in [3.8, 4) is 0 Å². The van der Waals surface area contributed by atoms with E-state index in [0.29, 0.717) is 6.04 Å². The van der Waals surface area contributed by atoms with Crippen LogP contribution < -0.4 is 5.32 Å². The molecule has 0 spiro atoms. The van der Waals surface area contributed by atoms with E-state index < -0.39 is 0 Å². The molecule has 0 heterocycles. The van der Waals surface area contributed by atoms with Crippen LogP contribution in [0.15, 0.2) is 22.7 Å². The van der Waals surface area contributed by atoms with Crippen molar-refractivity contribution in [3.05, 3.63) is 34.1 Å². The number of hydrogen-bond donors (Lipinski definition) is 1. The Hall–Kier alpha value is -0.410. The molecular weight excluding hydrogens is 281 g/mol. The van der Waals surface area contributed by atoms with Gasteiger partial charge in [0.05, 0.1) is 0 Å². The van der Waals surface area contributed by atoms with Gasteiger partial charge in [0.1, 0.15) is 5.82 Å². The first-order chi connectivity index (χ1) is 8.13. The molecule has 0 bridgehead atoms. The molecule has 1 aliphatic carbocycles. The third-order valence-corrected chi connectivity index (χ3v) is 3.91. The lowest BCUT2D eigenvalue weighted by Crippen LogP contribution is -2.33. The van der Waals surface area contributed by atoms with Crippen molar-refractivity contribution in [1.82, 2.24) is 5.32 Å². The molecule has 1 fully saturated rings. The number of hydrogen-bond acceptors (Lipinski definition) is 1. The molecule has 94 valence electrons. The molecule has 1 aliphatic rings. The van der Waals surface area contributed by atoms with Gasteiger partial charge in [-0.25, -0.2) is 4.39 Å². The van der Waals surface area contributed by atoms with Crippen molar-refractivity contribution in [1.29, 1.82) is 0 Å². The van der Waals surface area contributed by atoms with Gasteiger partial charge in [-0.05, 0) is 42.5 Å². The van der Waals surface area contributed by atoms with Crippen LogP contribution in [0.1, 0.15) is 38.2 Å². The highest BCUT2D eigenvalue weighted by Crippen LogP contribution is 2.24. The van der Waals surface area contributed by atoms with Gasteiger partial charge >= 0.3 is 0 Å². The minimum absolute atomic E-state index is 0.173. The van der Waals surface area contributed by atoms with Gasteiger partial charge in [-0.2, -0.15) is 0 Å². The number of halogens is 2. The fraction of sp³-hybridized carbons (Fsp3) is 0.571. The largest absolute Gasteiger partial charge is 0.310 e. The smallest absolute Gasteiger partial charge is 0.124 e. The Morgan fingerprint density at radius 2 is 2.18 bits per heavy atom. The molecule has 0 radical (unpaired) electrons. The number of benzene rings is 1. The van der Waals surface area contributed by atoms with Crippen molar-refractivity contribution >= 4 is 15.9 Å². The molecule has 2 rings (SSSR count). The fourth-order valence-electron chi connectivity index (χ4n) is 2.59. The van der Waals surface area contributed by atoms with Gasteiger partial charge in [-0.1, -0.05) is 35.7 Å². The van der Waals surface area contributed by atoms with E-state index in [0.717, 1.165) is 22.5 Å². The first-order valence-electron chi connectivity index (χ1n) is 6.32. The predicted molar refractivity (Wildman–Crippen MR) is 72.4 cm³/mol. The van der Waals surface area contributed by atoms with Crippen molar-refractivity contribution in [2.45, 2.75) is 45.2 Å². The third kappa shape index (κ3) is 4.07. The van der Waals surface area contributed by atoms with Crippen molar-refractivity contribution in [2.24, 2.45) is 5.92 Å². The average molecular weight is 300 g/mol. The molecule has 1 N–H and O–H groups in total. The van der Waals surface area contributed by atoms with E-state index >= 15 is 0 Å². The van der Waals surface area contributed by atoms with Crippen LogP contribution in [0.2, 0.25) is 0 Å². The molecule has 3 heteroatoms. The quantitative estimate of drug-likeness (QED) is 0.879. The molecule has 17 heavy (non-hydrogen) atoms. The van der Waals surface area contributed by atoms with Gasteiger partial charge < -0.3 is 5.32 Å². The van der Waals surface area contributed by atoms with E-state index in [1.165, 1.54) is 31.7 Å². The maximum atomic E-state index is 13.2. The van der Waals surface area contributed by atoms with Gasteiger partial charge in [0, 0.05) is 17.1 Å².